The Morgan fingerprint density at radius 1 is 1.21 bits per heavy atom. The molecular formula is C17H16N4O3. The second kappa shape index (κ2) is 6.57. The Balaban J connectivity index is 1.97. The van der Waals surface area contributed by atoms with Gasteiger partial charge in [-0.1, -0.05) is 24.3 Å². The number of ether oxygens (including phenoxy) is 1. The van der Waals surface area contributed by atoms with E-state index in [1.807, 2.05) is 6.07 Å². The van der Waals surface area contributed by atoms with Crippen molar-refractivity contribution in [2.75, 3.05) is 13.7 Å². The number of benzene rings is 1. The van der Waals surface area contributed by atoms with Crippen LogP contribution in [0.25, 0.3) is 0 Å². The van der Waals surface area contributed by atoms with Gasteiger partial charge in [0.15, 0.2) is 0 Å². The van der Waals surface area contributed by atoms with E-state index in [4.69, 9.17) is 4.74 Å². The van der Waals surface area contributed by atoms with Crippen molar-refractivity contribution in [3.63, 3.8) is 0 Å². The fraction of sp³-hybridized carbons (Fsp3) is 0.235. The predicted octanol–water partition coefficient (Wildman–Crippen LogP) is 1.93. The number of carbonyl (C=O) groups is 2. The first-order chi connectivity index (χ1) is 11.7. The van der Waals surface area contributed by atoms with E-state index in [0.29, 0.717) is 5.56 Å². The third-order valence-electron chi connectivity index (χ3n) is 3.92. The fourth-order valence-corrected chi connectivity index (χ4v) is 2.70. The molecule has 1 aromatic heterocycles. The first kappa shape index (κ1) is 15.8. The summed E-state index contributed by atoms with van der Waals surface area (Å²) in [5.74, 6) is -1.57. The van der Waals surface area contributed by atoms with Crippen molar-refractivity contribution in [3.05, 3.63) is 66.0 Å². The number of hydrogen-bond donors (Lipinski definition) is 1. The second-order valence-corrected chi connectivity index (χ2v) is 5.34. The van der Waals surface area contributed by atoms with E-state index in [2.05, 4.69) is 20.5 Å². The van der Waals surface area contributed by atoms with Crippen molar-refractivity contribution < 1.29 is 14.3 Å². The largest absolute Gasteiger partial charge is 0.466 e. The van der Waals surface area contributed by atoms with E-state index >= 15 is 0 Å². The molecule has 24 heavy (non-hydrogen) atoms. The van der Waals surface area contributed by atoms with Crippen LogP contribution >= 0.6 is 0 Å². The summed E-state index contributed by atoms with van der Waals surface area (Å²) in [5, 5.41) is 10.8. The minimum atomic E-state index is -1.59. The molecule has 0 spiro atoms. The molecule has 7 heteroatoms. The van der Waals surface area contributed by atoms with Crippen LogP contribution in [0.3, 0.4) is 0 Å². The lowest BCUT2D eigenvalue weighted by atomic mass is 9.87. The summed E-state index contributed by atoms with van der Waals surface area (Å²) in [6.45, 7) is 0.260. The van der Waals surface area contributed by atoms with Crippen molar-refractivity contribution in [2.24, 2.45) is 10.2 Å². The van der Waals surface area contributed by atoms with Crippen molar-refractivity contribution in [3.8, 4) is 0 Å². The highest BCUT2D eigenvalue weighted by atomic mass is 16.5. The van der Waals surface area contributed by atoms with Gasteiger partial charge in [-0.25, -0.2) is 4.79 Å². The van der Waals surface area contributed by atoms with Crippen molar-refractivity contribution in [1.82, 2.24) is 10.3 Å². The van der Waals surface area contributed by atoms with Gasteiger partial charge in [0.25, 0.3) is 11.6 Å². The van der Waals surface area contributed by atoms with Gasteiger partial charge < -0.3 is 10.1 Å². The normalized spacial score (nSPS) is 22.1. The Morgan fingerprint density at radius 3 is 2.67 bits per heavy atom. The molecule has 0 fully saturated rings. The molecule has 0 saturated carbocycles. The first-order valence-electron chi connectivity index (χ1n) is 7.42. The topological polar surface area (TPSA) is 93.0 Å². The minimum Gasteiger partial charge on any atom is -0.466 e. The highest BCUT2D eigenvalue weighted by Gasteiger charge is 2.52. The quantitative estimate of drug-likeness (QED) is 0.870. The van der Waals surface area contributed by atoms with E-state index in [0.717, 1.165) is 5.56 Å². The number of aromatic nitrogens is 1. The zero-order chi connectivity index (χ0) is 17.0. The maximum absolute atomic E-state index is 12.6. The number of rotatable bonds is 4. The molecule has 0 radical (unpaired) electrons. The molecule has 122 valence electrons. The van der Waals surface area contributed by atoms with Crippen LogP contribution in [-0.4, -0.2) is 36.2 Å². The maximum atomic E-state index is 12.6. The van der Waals surface area contributed by atoms with Crippen molar-refractivity contribution in [2.45, 2.75) is 11.6 Å². The fourth-order valence-electron chi connectivity index (χ4n) is 2.70. The molecule has 1 aliphatic rings. The summed E-state index contributed by atoms with van der Waals surface area (Å²) in [5.41, 5.74) is -0.417. The van der Waals surface area contributed by atoms with Crippen LogP contribution in [0.2, 0.25) is 0 Å². The Kier molecular flexibility index (Phi) is 4.33. The van der Waals surface area contributed by atoms with Crippen LogP contribution in [0, 0.1) is 0 Å². The number of esters is 1. The van der Waals surface area contributed by atoms with Crippen molar-refractivity contribution in [1.29, 1.82) is 0 Å². The average Bonchev–Trinajstić information content (AvgIpc) is 3.07. The number of hydrogen-bond acceptors (Lipinski definition) is 6. The number of methoxy groups -OCH3 is 1. The van der Waals surface area contributed by atoms with E-state index in [1.54, 1.807) is 48.8 Å². The number of nitrogens with zero attached hydrogens (tertiary/aromatic N) is 3. The van der Waals surface area contributed by atoms with E-state index < -0.39 is 23.5 Å². The molecular weight excluding hydrogens is 308 g/mol. The summed E-state index contributed by atoms with van der Waals surface area (Å²) in [6.07, 6.45) is 3.27. The number of azo groups is 1. The van der Waals surface area contributed by atoms with E-state index in [9.17, 15) is 9.59 Å². The summed E-state index contributed by atoms with van der Waals surface area (Å²) in [7, 11) is 1.26. The van der Waals surface area contributed by atoms with Crippen LogP contribution in [0.5, 0.6) is 0 Å². The van der Waals surface area contributed by atoms with Gasteiger partial charge in [-0.2, -0.15) is 10.2 Å². The van der Waals surface area contributed by atoms with Crippen LogP contribution in [0.4, 0.5) is 0 Å². The van der Waals surface area contributed by atoms with Gasteiger partial charge in [0.2, 0.25) is 0 Å². The van der Waals surface area contributed by atoms with Crippen LogP contribution in [-0.2, 0) is 9.53 Å². The average molecular weight is 324 g/mol. The highest BCUT2D eigenvalue weighted by molar-refractivity contribution is 5.98. The lowest BCUT2D eigenvalue weighted by Gasteiger charge is -2.29. The molecule has 0 bridgehead atoms. The molecule has 0 saturated heterocycles. The van der Waals surface area contributed by atoms with Gasteiger partial charge in [0.1, 0.15) is 0 Å². The van der Waals surface area contributed by atoms with Gasteiger partial charge in [0.05, 0.1) is 19.6 Å². The zero-order valence-corrected chi connectivity index (χ0v) is 13.0. The molecule has 1 N–H and O–H groups in total. The highest BCUT2D eigenvalue weighted by Crippen LogP contribution is 2.36. The Hall–Kier alpha value is -3.09. The van der Waals surface area contributed by atoms with Crippen LogP contribution < -0.4 is 5.32 Å². The number of nitrogens with one attached hydrogen (secondary N) is 1. The lowest BCUT2D eigenvalue weighted by molar-refractivity contribution is -0.148. The predicted molar refractivity (Wildman–Crippen MR) is 85.4 cm³/mol. The van der Waals surface area contributed by atoms with Gasteiger partial charge in [-0.05, 0) is 23.8 Å². The van der Waals surface area contributed by atoms with Gasteiger partial charge in [-0.15, -0.1) is 0 Å². The van der Waals surface area contributed by atoms with Crippen molar-refractivity contribution >= 4 is 11.9 Å². The monoisotopic (exact) mass is 324 g/mol. The third kappa shape index (κ3) is 2.76. The van der Waals surface area contributed by atoms with Crippen LogP contribution in [0.15, 0.2) is 65.1 Å². The third-order valence-corrected chi connectivity index (χ3v) is 3.92. The molecule has 1 aromatic carbocycles. The minimum absolute atomic E-state index is 0.260. The summed E-state index contributed by atoms with van der Waals surface area (Å²) in [6, 6.07) is 12.2. The molecule has 0 aliphatic carbocycles. The molecule has 2 atom stereocenters. The molecule has 2 heterocycles. The Morgan fingerprint density at radius 2 is 2.00 bits per heavy atom. The standard InChI is InChI=1S/C17H16N4O3/c1-24-16(23)17(20-15(22)12-6-3-2-4-7-12)14(11-19-21-17)13-8-5-9-18-10-13/h2-10,14H,11H2,1H3,(H,20,22). The van der Waals surface area contributed by atoms with Gasteiger partial charge >= 0.3 is 5.97 Å². The second-order valence-electron chi connectivity index (χ2n) is 5.34. The van der Waals surface area contributed by atoms with Crippen LogP contribution in [0.1, 0.15) is 21.8 Å². The molecule has 2 aromatic rings. The van der Waals surface area contributed by atoms with Gasteiger partial charge in [-0.3, -0.25) is 9.78 Å². The first-order valence-corrected chi connectivity index (χ1v) is 7.42. The number of carbonyl (C=O) groups excluding carboxylic acids is 2. The molecule has 1 aliphatic heterocycles. The van der Waals surface area contributed by atoms with Gasteiger partial charge in [0, 0.05) is 18.0 Å². The Bertz CT molecular complexity index is 764. The number of amides is 1. The summed E-state index contributed by atoms with van der Waals surface area (Å²) < 4.78 is 4.90. The Labute approximate surface area is 138 Å². The maximum Gasteiger partial charge on any atom is 0.357 e. The van der Waals surface area contributed by atoms with E-state index in [-0.39, 0.29) is 6.54 Å². The summed E-state index contributed by atoms with van der Waals surface area (Å²) in [4.78, 5) is 29.1. The molecule has 1 amide bonds. The molecule has 3 rings (SSSR count). The number of pyridine rings is 1. The SMILES string of the molecule is COC(=O)C1(NC(=O)c2ccccc2)N=NCC1c1cccnc1. The van der Waals surface area contributed by atoms with E-state index in [1.165, 1.54) is 7.11 Å². The molecule has 7 nitrogen and oxygen atoms in total. The lowest BCUT2D eigenvalue weighted by Crippen LogP contribution is -2.56. The molecule has 2 unspecified atom stereocenters. The summed E-state index contributed by atoms with van der Waals surface area (Å²) >= 11 is 0. The zero-order valence-electron chi connectivity index (χ0n) is 13.0. The smallest absolute Gasteiger partial charge is 0.357 e.